The number of nitrogens with zero attached hydrogens (tertiary/aromatic N) is 3. The predicted molar refractivity (Wildman–Crippen MR) is 58.7 cm³/mol. The van der Waals surface area contributed by atoms with E-state index in [9.17, 15) is 4.39 Å². The normalized spacial score (nSPS) is 10.7. The van der Waals surface area contributed by atoms with E-state index in [4.69, 9.17) is 11.8 Å². The molecule has 1 N–H and O–H groups in total. The molecule has 0 radical (unpaired) electrons. The van der Waals surface area contributed by atoms with Crippen LogP contribution in [0.4, 0.5) is 4.39 Å². The summed E-state index contributed by atoms with van der Waals surface area (Å²) in [4.78, 5) is 6.51. The molecular formula is C10H10ClFN4. The molecule has 0 atom stereocenters. The molecule has 6 heteroatoms. The van der Waals surface area contributed by atoms with Crippen LogP contribution in [-0.2, 0) is 6.54 Å². The number of aromatic nitrogens is 3. The lowest BCUT2D eigenvalue weighted by Gasteiger charge is -2.09. The van der Waals surface area contributed by atoms with E-state index >= 15 is 0 Å². The Hall–Kier alpha value is -1.46. The van der Waals surface area contributed by atoms with Gasteiger partial charge in [-0.15, -0.1) is 0 Å². The summed E-state index contributed by atoms with van der Waals surface area (Å²) in [5.41, 5.74) is 1.49. The minimum absolute atomic E-state index is 0.316. The van der Waals surface area contributed by atoms with Crippen LogP contribution in [0.3, 0.4) is 0 Å². The molecule has 1 aromatic carbocycles. The fourth-order valence-electron chi connectivity index (χ4n) is 1.49. The summed E-state index contributed by atoms with van der Waals surface area (Å²) < 4.78 is 14.8. The second-order valence-electron chi connectivity index (χ2n) is 3.30. The zero-order valence-electron chi connectivity index (χ0n) is 8.61. The van der Waals surface area contributed by atoms with Crippen molar-refractivity contribution in [1.82, 2.24) is 19.6 Å². The molecule has 2 rings (SSSR count). The van der Waals surface area contributed by atoms with Crippen LogP contribution < -0.4 is 4.84 Å². The summed E-state index contributed by atoms with van der Waals surface area (Å²) in [6.07, 6.45) is 1.43. The van der Waals surface area contributed by atoms with Crippen molar-refractivity contribution in [2.75, 3.05) is 0 Å². The van der Waals surface area contributed by atoms with Gasteiger partial charge in [0.1, 0.15) is 18.0 Å². The highest BCUT2D eigenvalue weighted by molar-refractivity contribution is 6.13. The van der Waals surface area contributed by atoms with Crippen LogP contribution in [0.5, 0.6) is 0 Å². The van der Waals surface area contributed by atoms with Crippen LogP contribution in [0.2, 0.25) is 0 Å². The van der Waals surface area contributed by atoms with Gasteiger partial charge in [-0.2, -0.15) is 5.10 Å². The lowest BCUT2D eigenvalue weighted by molar-refractivity contribution is 0.623. The van der Waals surface area contributed by atoms with Gasteiger partial charge < -0.3 is 0 Å². The average Bonchev–Trinajstić information content (AvgIpc) is 2.67. The maximum absolute atomic E-state index is 13.2. The quantitative estimate of drug-likeness (QED) is 0.834. The molecule has 1 heterocycles. The highest BCUT2D eigenvalue weighted by atomic mass is 35.5. The van der Waals surface area contributed by atoms with E-state index < -0.39 is 0 Å². The zero-order valence-corrected chi connectivity index (χ0v) is 9.37. The molecule has 0 spiro atoms. The van der Waals surface area contributed by atoms with Crippen molar-refractivity contribution in [1.29, 1.82) is 0 Å². The molecule has 1 aromatic heterocycles. The first-order valence-electron chi connectivity index (χ1n) is 4.71. The second kappa shape index (κ2) is 4.59. The Morgan fingerprint density at radius 1 is 1.50 bits per heavy atom. The molecule has 0 bridgehead atoms. The van der Waals surface area contributed by atoms with Crippen molar-refractivity contribution in [3.63, 3.8) is 0 Å². The smallest absolute Gasteiger partial charge is 0.138 e. The number of nitrogens with one attached hydrogen (secondary N) is 1. The lowest BCUT2D eigenvalue weighted by atomic mass is 10.1. The summed E-state index contributed by atoms with van der Waals surface area (Å²) in [6.45, 7) is 2.23. The molecule has 0 aliphatic carbocycles. The molecular weight excluding hydrogens is 231 g/mol. The summed E-state index contributed by atoms with van der Waals surface area (Å²) in [5, 5.41) is 4.04. The van der Waals surface area contributed by atoms with Crippen molar-refractivity contribution >= 4 is 11.8 Å². The van der Waals surface area contributed by atoms with E-state index in [0.29, 0.717) is 18.1 Å². The largest absolute Gasteiger partial charge is 0.229 e. The standard InChI is InChI=1S/C10H10ClFN4/c1-7-13-6-15-16(7)10-4-9(12)3-2-8(10)5-14-11/h2-4,6,14H,5H2,1H3. The van der Waals surface area contributed by atoms with Gasteiger partial charge in [-0.05, 0) is 36.4 Å². The molecule has 16 heavy (non-hydrogen) atoms. The Balaban J connectivity index is 2.53. The maximum Gasteiger partial charge on any atom is 0.138 e. The third-order valence-corrected chi connectivity index (χ3v) is 2.38. The Morgan fingerprint density at radius 3 is 2.94 bits per heavy atom. The summed E-state index contributed by atoms with van der Waals surface area (Å²) >= 11 is 5.46. The van der Waals surface area contributed by atoms with Gasteiger partial charge in [0, 0.05) is 6.54 Å². The topological polar surface area (TPSA) is 42.7 Å². The van der Waals surface area contributed by atoms with E-state index in [2.05, 4.69) is 14.9 Å². The summed E-state index contributed by atoms with van der Waals surface area (Å²) in [5.74, 6) is 0.379. The first-order valence-corrected chi connectivity index (χ1v) is 5.09. The summed E-state index contributed by atoms with van der Waals surface area (Å²) in [6, 6.07) is 4.46. The highest BCUT2D eigenvalue weighted by Gasteiger charge is 2.09. The molecule has 0 amide bonds. The van der Waals surface area contributed by atoms with Gasteiger partial charge in [0.25, 0.3) is 0 Å². The van der Waals surface area contributed by atoms with Crippen molar-refractivity contribution in [2.24, 2.45) is 0 Å². The van der Waals surface area contributed by atoms with Crippen molar-refractivity contribution in [3.8, 4) is 5.69 Å². The van der Waals surface area contributed by atoms with Gasteiger partial charge in [0.15, 0.2) is 0 Å². The summed E-state index contributed by atoms with van der Waals surface area (Å²) in [7, 11) is 0. The van der Waals surface area contributed by atoms with Crippen LogP contribution in [0.15, 0.2) is 24.5 Å². The monoisotopic (exact) mass is 240 g/mol. The fourth-order valence-corrected chi connectivity index (χ4v) is 1.64. The van der Waals surface area contributed by atoms with Crippen molar-refractivity contribution in [2.45, 2.75) is 13.5 Å². The van der Waals surface area contributed by atoms with E-state index in [1.807, 2.05) is 0 Å². The molecule has 0 unspecified atom stereocenters. The van der Waals surface area contributed by atoms with Gasteiger partial charge in [0.05, 0.1) is 5.69 Å². The Labute approximate surface area is 97.2 Å². The number of halogens is 2. The van der Waals surface area contributed by atoms with Crippen LogP contribution in [-0.4, -0.2) is 14.8 Å². The van der Waals surface area contributed by atoms with Gasteiger partial charge in [0.2, 0.25) is 0 Å². The molecule has 2 aromatic rings. The van der Waals surface area contributed by atoms with Crippen LogP contribution in [0.25, 0.3) is 5.69 Å². The first kappa shape index (κ1) is 11.0. The van der Waals surface area contributed by atoms with E-state index in [1.54, 1.807) is 17.7 Å². The minimum atomic E-state index is -0.316. The average molecular weight is 241 g/mol. The second-order valence-corrected chi connectivity index (χ2v) is 3.57. The van der Waals surface area contributed by atoms with Crippen LogP contribution in [0.1, 0.15) is 11.4 Å². The molecule has 4 nitrogen and oxygen atoms in total. The maximum atomic E-state index is 13.2. The highest BCUT2D eigenvalue weighted by Crippen LogP contribution is 2.16. The van der Waals surface area contributed by atoms with Crippen molar-refractivity contribution < 1.29 is 4.39 Å². The zero-order chi connectivity index (χ0) is 11.5. The van der Waals surface area contributed by atoms with Crippen LogP contribution >= 0.6 is 11.8 Å². The van der Waals surface area contributed by atoms with Gasteiger partial charge in [-0.3, -0.25) is 0 Å². The third-order valence-electron chi connectivity index (χ3n) is 2.25. The number of hydrogen-bond donors (Lipinski definition) is 1. The SMILES string of the molecule is Cc1ncnn1-c1cc(F)ccc1CNCl. The Morgan fingerprint density at radius 2 is 2.31 bits per heavy atom. The number of aryl methyl sites for hydroxylation is 1. The number of rotatable bonds is 3. The molecule has 0 aliphatic heterocycles. The minimum Gasteiger partial charge on any atom is -0.229 e. The predicted octanol–water partition coefficient (Wildman–Crippen LogP) is 1.96. The van der Waals surface area contributed by atoms with Crippen LogP contribution in [0, 0.1) is 12.7 Å². The van der Waals surface area contributed by atoms with Crippen molar-refractivity contribution in [3.05, 3.63) is 41.7 Å². The number of benzene rings is 1. The Bertz CT molecular complexity index is 497. The van der Waals surface area contributed by atoms with E-state index in [0.717, 1.165) is 5.56 Å². The van der Waals surface area contributed by atoms with Gasteiger partial charge >= 0.3 is 0 Å². The van der Waals surface area contributed by atoms with E-state index in [-0.39, 0.29) is 5.82 Å². The fraction of sp³-hybridized carbons (Fsp3) is 0.200. The van der Waals surface area contributed by atoms with Gasteiger partial charge in [-0.25, -0.2) is 18.9 Å². The molecule has 0 fully saturated rings. The third kappa shape index (κ3) is 2.05. The Kier molecular flexibility index (Phi) is 3.17. The molecule has 0 saturated heterocycles. The lowest BCUT2D eigenvalue weighted by Crippen LogP contribution is -2.08. The van der Waals surface area contributed by atoms with E-state index in [1.165, 1.54) is 18.5 Å². The van der Waals surface area contributed by atoms with Gasteiger partial charge in [-0.1, -0.05) is 6.07 Å². The number of hydrogen-bond acceptors (Lipinski definition) is 3. The molecule has 0 saturated carbocycles. The molecule has 0 aliphatic rings. The first-order chi connectivity index (χ1) is 7.72. The molecule has 84 valence electrons.